The maximum absolute atomic E-state index is 13.1. The van der Waals surface area contributed by atoms with Crippen molar-refractivity contribution in [1.82, 2.24) is 14.5 Å². The number of anilines is 1. The third-order valence-corrected chi connectivity index (χ3v) is 6.68. The van der Waals surface area contributed by atoms with Gasteiger partial charge in [-0.15, -0.1) is 0 Å². The van der Waals surface area contributed by atoms with Gasteiger partial charge < -0.3 is 10.2 Å². The maximum atomic E-state index is 13.1. The molecule has 2 unspecified atom stereocenters. The van der Waals surface area contributed by atoms with Crippen LogP contribution < -0.4 is 11.0 Å². The van der Waals surface area contributed by atoms with Crippen LogP contribution >= 0.6 is 0 Å². The van der Waals surface area contributed by atoms with Gasteiger partial charge in [-0.25, -0.2) is 14.6 Å². The smallest absolute Gasteiger partial charge is 0.321 e. The van der Waals surface area contributed by atoms with Gasteiger partial charge in [0.2, 0.25) is 0 Å². The van der Waals surface area contributed by atoms with E-state index in [4.69, 9.17) is 0 Å². The highest BCUT2D eigenvalue weighted by Gasteiger charge is 2.44. The Morgan fingerprint density at radius 1 is 1.07 bits per heavy atom. The molecule has 4 bridgehead atoms. The number of urea groups is 1. The second-order valence-corrected chi connectivity index (χ2v) is 8.74. The highest BCUT2D eigenvalue weighted by molar-refractivity contribution is 5.89. The van der Waals surface area contributed by atoms with Gasteiger partial charge >= 0.3 is 11.7 Å². The molecule has 28 heavy (non-hydrogen) atoms. The largest absolute Gasteiger partial charge is 0.347 e. The number of hydrogen-bond acceptors (Lipinski definition) is 3. The van der Waals surface area contributed by atoms with Crippen LogP contribution in [0.15, 0.2) is 47.5 Å². The molecular formula is C22H26N4O2. The summed E-state index contributed by atoms with van der Waals surface area (Å²) in [5.74, 6) is 2.31. The summed E-state index contributed by atoms with van der Waals surface area (Å²) in [6.45, 7) is 1.34. The standard InChI is InChI=1S/C22H26N4O2/c27-21-23-5-2-6-25(21)13-15-3-1-4-19(10-15)24-22(28)26-14-18-8-16-7-17(9-18)12-20(26)11-16/h1-6,10,16-18,20H,7-9,11-14H2,(H,24,28)/t16-,17+,18?,20?. The molecule has 4 atom stereocenters. The average molecular weight is 378 g/mol. The third kappa shape index (κ3) is 3.43. The van der Waals surface area contributed by atoms with Crippen molar-refractivity contribution in [1.29, 1.82) is 0 Å². The Morgan fingerprint density at radius 3 is 2.64 bits per heavy atom. The molecule has 2 aromatic rings. The molecule has 2 saturated heterocycles. The van der Waals surface area contributed by atoms with Crippen molar-refractivity contribution in [2.45, 2.75) is 44.7 Å². The highest BCUT2D eigenvalue weighted by atomic mass is 16.2. The van der Waals surface area contributed by atoms with Crippen molar-refractivity contribution in [3.05, 3.63) is 58.8 Å². The van der Waals surface area contributed by atoms with E-state index in [0.29, 0.717) is 18.5 Å². The molecule has 2 aliphatic carbocycles. The summed E-state index contributed by atoms with van der Waals surface area (Å²) in [6.07, 6.45) is 9.53. The van der Waals surface area contributed by atoms with Gasteiger partial charge in [0.15, 0.2) is 0 Å². The molecule has 2 amide bonds. The van der Waals surface area contributed by atoms with Gasteiger partial charge in [-0.1, -0.05) is 12.1 Å². The Morgan fingerprint density at radius 2 is 1.86 bits per heavy atom. The molecule has 4 fully saturated rings. The second-order valence-electron chi connectivity index (χ2n) is 8.74. The summed E-state index contributed by atoms with van der Waals surface area (Å²) in [7, 11) is 0. The highest BCUT2D eigenvalue weighted by Crippen LogP contribution is 2.47. The molecule has 2 saturated carbocycles. The normalized spacial score (nSPS) is 28.2. The number of nitrogens with one attached hydrogen (secondary N) is 1. The molecule has 1 N–H and O–H groups in total. The van der Waals surface area contributed by atoms with E-state index in [1.165, 1.54) is 38.3 Å². The van der Waals surface area contributed by atoms with E-state index in [0.717, 1.165) is 29.6 Å². The van der Waals surface area contributed by atoms with E-state index < -0.39 is 0 Å². The Kier molecular flexibility index (Phi) is 4.41. The van der Waals surface area contributed by atoms with Gasteiger partial charge in [0, 0.05) is 30.7 Å². The number of aromatic nitrogens is 2. The van der Waals surface area contributed by atoms with Crippen molar-refractivity contribution < 1.29 is 4.79 Å². The fourth-order valence-electron chi connectivity index (χ4n) is 5.68. The predicted octanol–water partition coefficient (Wildman–Crippen LogP) is 3.33. The summed E-state index contributed by atoms with van der Waals surface area (Å²) < 4.78 is 1.56. The minimum atomic E-state index is -0.271. The number of fused-ring (bicyclic) bond motifs is 1. The zero-order chi connectivity index (χ0) is 19.1. The van der Waals surface area contributed by atoms with Gasteiger partial charge in [0.25, 0.3) is 0 Å². The number of nitrogens with zero attached hydrogens (tertiary/aromatic N) is 3. The first kappa shape index (κ1) is 17.5. The second kappa shape index (κ2) is 7.08. The lowest BCUT2D eigenvalue weighted by Crippen LogP contribution is -2.44. The van der Waals surface area contributed by atoms with E-state index in [1.807, 2.05) is 24.3 Å². The molecule has 4 aliphatic rings. The number of benzene rings is 1. The molecule has 0 spiro atoms. The van der Waals surface area contributed by atoms with Crippen molar-refractivity contribution in [2.24, 2.45) is 17.8 Å². The summed E-state index contributed by atoms with van der Waals surface area (Å²) in [5, 5.41) is 3.11. The van der Waals surface area contributed by atoms with Gasteiger partial charge in [-0.05, 0) is 73.6 Å². The zero-order valence-electron chi connectivity index (χ0n) is 16.0. The van der Waals surface area contributed by atoms with Crippen LogP contribution in [0.5, 0.6) is 0 Å². The number of carbonyl (C=O) groups excluding carboxylic acids is 1. The van der Waals surface area contributed by atoms with Gasteiger partial charge in [0.05, 0.1) is 6.54 Å². The van der Waals surface area contributed by atoms with E-state index in [1.54, 1.807) is 16.8 Å². The SMILES string of the molecule is O=C(Nc1cccc(Cn2cccnc2=O)c1)N1CC2C[C@@H]3CC1C[C@H](C2)C3. The molecule has 0 radical (unpaired) electrons. The number of hydrogen-bond donors (Lipinski definition) is 1. The number of rotatable bonds is 3. The van der Waals surface area contributed by atoms with Crippen LogP contribution in [-0.2, 0) is 6.54 Å². The zero-order valence-corrected chi connectivity index (χ0v) is 16.0. The molecule has 146 valence electrons. The van der Waals surface area contributed by atoms with E-state index >= 15 is 0 Å². The lowest BCUT2D eigenvalue weighted by atomic mass is 9.68. The van der Waals surface area contributed by atoms with Crippen LogP contribution in [0, 0.1) is 17.8 Å². The molecular weight excluding hydrogens is 352 g/mol. The Labute approximate surface area is 164 Å². The van der Waals surface area contributed by atoms with Crippen LogP contribution in [0.25, 0.3) is 0 Å². The fraction of sp³-hybridized carbons (Fsp3) is 0.500. The van der Waals surface area contributed by atoms with Crippen LogP contribution in [0.4, 0.5) is 10.5 Å². The van der Waals surface area contributed by atoms with Crippen molar-refractivity contribution in [2.75, 3.05) is 11.9 Å². The fourth-order valence-corrected chi connectivity index (χ4v) is 5.68. The topological polar surface area (TPSA) is 67.2 Å². The van der Waals surface area contributed by atoms with E-state index in [2.05, 4.69) is 15.2 Å². The Bertz CT molecular complexity index is 926. The quantitative estimate of drug-likeness (QED) is 0.891. The first-order chi connectivity index (χ1) is 13.6. The first-order valence-corrected chi connectivity index (χ1v) is 10.3. The molecule has 1 aromatic heterocycles. The van der Waals surface area contributed by atoms with Crippen LogP contribution in [0.1, 0.15) is 37.7 Å². The lowest BCUT2D eigenvalue weighted by molar-refractivity contribution is 0.136. The minimum absolute atomic E-state index is 0.0221. The van der Waals surface area contributed by atoms with Crippen LogP contribution in [0.2, 0.25) is 0 Å². The monoisotopic (exact) mass is 378 g/mol. The Balaban J connectivity index is 1.30. The van der Waals surface area contributed by atoms with Gasteiger partial charge in [-0.3, -0.25) is 4.57 Å². The lowest BCUT2D eigenvalue weighted by Gasteiger charge is -2.38. The minimum Gasteiger partial charge on any atom is -0.321 e. The van der Waals surface area contributed by atoms with Gasteiger partial charge in [-0.2, -0.15) is 0 Å². The summed E-state index contributed by atoms with van der Waals surface area (Å²) in [4.78, 5) is 30.8. The molecule has 6 heteroatoms. The van der Waals surface area contributed by atoms with Crippen LogP contribution in [0.3, 0.4) is 0 Å². The van der Waals surface area contributed by atoms with E-state index in [9.17, 15) is 9.59 Å². The van der Waals surface area contributed by atoms with E-state index in [-0.39, 0.29) is 11.7 Å². The van der Waals surface area contributed by atoms with Crippen molar-refractivity contribution in [3.8, 4) is 0 Å². The number of amides is 2. The summed E-state index contributed by atoms with van der Waals surface area (Å²) >= 11 is 0. The Hall–Kier alpha value is -2.63. The van der Waals surface area contributed by atoms with Crippen LogP contribution in [-0.4, -0.2) is 33.1 Å². The summed E-state index contributed by atoms with van der Waals surface area (Å²) in [5.41, 5.74) is 1.47. The molecule has 6 rings (SSSR count). The number of carbonyl (C=O) groups is 1. The molecule has 1 aromatic carbocycles. The maximum Gasteiger partial charge on any atom is 0.347 e. The summed E-state index contributed by atoms with van der Waals surface area (Å²) in [6, 6.07) is 9.90. The average Bonchev–Trinajstić information content (AvgIpc) is 2.87. The molecule has 6 nitrogen and oxygen atoms in total. The van der Waals surface area contributed by atoms with Gasteiger partial charge in [0.1, 0.15) is 0 Å². The third-order valence-electron chi connectivity index (χ3n) is 6.68. The first-order valence-electron chi connectivity index (χ1n) is 10.3. The predicted molar refractivity (Wildman–Crippen MR) is 107 cm³/mol. The molecule has 3 heterocycles. The van der Waals surface area contributed by atoms with Crippen molar-refractivity contribution in [3.63, 3.8) is 0 Å². The van der Waals surface area contributed by atoms with Crippen molar-refractivity contribution >= 4 is 11.7 Å². The molecule has 2 aliphatic heterocycles.